The summed E-state index contributed by atoms with van der Waals surface area (Å²) in [4.78, 5) is 9.45. The van der Waals surface area contributed by atoms with E-state index in [1.807, 2.05) is 31.2 Å². The number of nitriles is 1. The molecule has 4 nitrogen and oxygen atoms in total. The fraction of sp³-hybridized carbons (Fsp3) is 0.190. The van der Waals surface area contributed by atoms with Crippen molar-refractivity contribution >= 4 is 22.4 Å². The van der Waals surface area contributed by atoms with Crippen LogP contribution in [0.15, 0.2) is 53.9 Å². The largest absolute Gasteiger partial charge is 0.320 e. The van der Waals surface area contributed by atoms with Crippen LogP contribution in [0.25, 0.3) is 11.0 Å². The van der Waals surface area contributed by atoms with Crippen molar-refractivity contribution in [1.29, 1.82) is 5.26 Å². The van der Waals surface area contributed by atoms with Crippen LogP contribution in [0.1, 0.15) is 40.6 Å². The van der Waals surface area contributed by atoms with Crippen LogP contribution in [0, 0.1) is 18.3 Å². The van der Waals surface area contributed by atoms with Crippen LogP contribution in [0.4, 0.5) is 0 Å². The van der Waals surface area contributed by atoms with Gasteiger partial charge in [0, 0.05) is 11.8 Å². The Morgan fingerprint density at radius 2 is 1.96 bits per heavy atom. The average Bonchev–Trinajstić information content (AvgIpc) is 3.24. The lowest BCUT2D eigenvalue weighted by Crippen LogP contribution is -2.11. The van der Waals surface area contributed by atoms with E-state index in [9.17, 15) is 5.26 Å². The van der Waals surface area contributed by atoms with Gasteiger partial charge in [0.2, 0.25) is 0 Å². The second-order valence-corrected chi connectivity index (χ2v) is 7.40. The summed E-state index contributed by atoms with van der Waals surface area (Å²) in [6.07, 6.45) is 0.679. The van der Waals surface area contributed by atoms with Crippen LogP contribution in [-0.4, -0.2) is 14.5 Å². The van der Waals surface area contributed by atoms with Crippen molar-refractivity contribution in [3.05, 3.63) is 81.6 Å². The molecule has 0 unspecified atom stereocenters. The molecule has 1 atom stereocenters. The number of hydrogen-bond donors (Lipinski definition) is 0. The molecule has 0 bridgehead atoms. The Labute approximate surface area is 156 Å². The van der Waals surface area contributed by atoms with Crippen LogP contribution in [0.5, 0.6) is 0 Å². The molecule has 0 radical (unpaired) electrons. The first-order valence-corrected chi connectivity index (χ1v) is 9.40. The molecular formula is C21H18N4S. The Morgan fingerprint density at radius 1 is 1.15 bits per heavy atom. The SMILES string of the molecule is Cc1nc(Cc2nc3ccc(C#N)cc3n2[C@H](C)c2ccccc2)cs1. The fourth-order valence-electron chi connectivity index (χ4n) is 3.30. The fourth-order valence-corrected chi connectivity index (χ4v) is 3.91. The molecule has 4 aromatic rings. The van der Waals surface area contributed by atoms with Gasteiger partial charge in [0.15, 0.2) is 0 Å². The third kappa shape index (κ3) is 3.00. The van der Waals surface area contributed by atoms with Crippen LogP contribution in [-0.2, 0) is 6.42 Å². The minimum Gasteiger partial charge on any atom is -0.320 e. The summed E-state index contributed by atoms with van der Waals surface area (Å²) >= 11 is 1.66. The predicted octanol–water partition coefficient (Wildman–Crippen LogP) is 4.87. The Hall–Kier alpha value is -2.97. The third-order valence-electron chi connectivity index (χ3n) is 4.57. The van der Waals surface area contributed by atoms with Crippen molar-refractivity contribution in [1.82, 2.24) is 14.5 Å². The number of thiazole rings is 1. The van der Waals surface area contributed by atoms with Gasteiger partial charge >= 0.3 is 0 Å². The molecule has 4 rings (SSSR count). The molecule has 2 aromatic heterocycles. The predicted molar refractivity (Wildman–Crippen MR) is 104 cm³/mol. The molecule has 0 aliphatic rings. The monoisotopic (exact) mass is 358 g/mol. The first-order chi connectivity index (χ1) is 12.7. The first-order valence-electron chi connectivity index (χ1n) is 8.52. The van der Waals surface area contributed by atoms with Gasteiger partial charge in [0.1, 0.15) is 5.82 Å². The Kier molecular flexibility index (Phi) is 4.27. The Bertz CT molecular complexity index is 1100. The molecule has 0 fully saturated rings. The van der Waals surface area contributed by atoms with Crippen molar-refractivity contribution in [3.63, 3.8) is 0 Å². The standard InChI is InChI=1S/C21H18N4S/c1-14(17-6-4-3-5-7-17)25-20-10-16(12-22)8-9-19(20)24-21(25)11-18-13-26-15(2)23-18/h3-10,13-14H,11H2,1-2H3/t14-/m1/s1. The van der Waals surface area contributed by atoms with E-state index < -0.39 is 0 Å². The first kappa shape index (κ1) is 16.5. The minimum absolute atomic E-state index is 0.116. The number of hydrogen-bond acceptors (Lipinski definition) is 4. The molecule has 2 aromatic carbocycles. The summed E-state index contributed by atoms with van der Waals surface area (Å²) in [5.74, 6) is 0.969. The molecule has 26 heavy (non-hydrogen) atoms. The maximum Gasteiger partial charge on any atom is 0.116 e. The lowest BCUT2D eigenvalue weighted by atomic mass is 10.1. The number of rotatable bonds is 4. The van der Waals surface area contributed by atoms with E-state index in [4.69, 9.17) is 4.98 Å². The van der Waals surface area contributed by atoms with Gasteiger partial charge in [-0.15, -0.1) is 11.3 Å². The molecule has 0 amide bonds. The van der Waals surface area contributed by atoms with E-state index >= 15 is 0 Å². The summed E-state index contributed by atoms with van der Waals surface area (Å²) in [6, 6.07) is 18.4. The zero-order chi connectivity index (χ0) is 18.1. The zero-order valence-electron chi connectivity index (χ0n) is 14.7. The molecular weight excluding hydrogens is 340 g/mol. The topological polar surface area (TPSA) is 54.5 Å². The van der Waals surface area contributed by atoms with Gasteiger partial charge in [-0.25, -0.2) is 9.97 Å². The molecule has 5 heteroatoms. The number of imidazole rings is 1. The summed E-state index contributed by atoms with van der Waals surface area (Å²) in [7, 11) is 0. The number of fused-ring (bicyclic) bond motifs is 1. The molecule has 0 N–H and O–H groups in total. The van der Waals surface area contributed by atoms with Gasteiger partial charge < -0.3 is 4.57 Å². The van der Waals surface area contributed by atoms with Crippen molar-refractivity contribution in [2.45, 2.75) is 26.3 Å². The van der Waals surface area contributed by atoms with Crippen LogP contribution < -0.4 is 0 Å². The highest BCUT2D eigenvalue weighted by molar-refractivity contribution is 7.09. The summed E-state index contributed by atoms with van der Waals surface area (Å²) in [5, 5.41) is 12.5. The van der Waals surface area contributed by atoms with E-state index in [0.29, 0.717) is 12.0 Å². The maximum absolute atomic E-state index is 9.30. The highest BCUT2D eigenvalue weighted by Crippen LogP contribution is 2.28. The third-order valence-corrected chi connectivity index (χ3v) is 5.39. The number of benzene rings is 2. The summed E-state index contributed by atoms with van der Waals surface area (Å²) in [5.41, 5.74) is 4.79. The van der Waals surface area contributed by atoms with E-state index in [0.717, 1.165) is 27.6 Å². The number of nitrogens with zero attached hydrogens (tertiary/aromatic N) is 4. The second kappa shape index (κ2) is 6.74. The molecule has 0 saturated carbocycles. The van der Waals surface area contributed by atoms with Gasteiger partial charge in [-0.3, -0.25) is 0 Å². The number of aromatic nitrogens is 3. The van der Waals surface area contributed by atoms with E-state index in [1.54, 1.807) is 11.3 Å². The van der Waals surface area contributed by atoms with Crippen molar-refractivity contribution in [3.8, 4) is 6.07 Å². The Morgan fingerprint density at radius 3 is 2.65 bits per heavy atom. The lowest BCUT2D eigenvalue weighted by molar-refractivity contribution is 0.625. The molecule has 0 saturated heterocycles. The highest BCUT2D eigenvalue weighted by atomic mass is 32.1. The van der Waals surface area contributed by atoms with Crippen molar-refractivity contribution in [2.75, 3.05) is 0 Å². The maximum atomic E-state index is 9.30. The van der Waals surface area contributed by atoms with Crippen molar-refractivity contribution < 1.29 is 0 Å². The van der Waals surface area contributed by atoms with Gasteiger partial charge in [-0.1, -0.05) is 30.3 Å². The smallest absolute Gasteiger partial charge is 0.116 e. The Balaban J connectivity index is 1.88. The van der Waals surface area contributed by atoms with Crippen molar-refractivity contribution in [2.24, 2.45) is 0 Å². The van der Waals surface area contributed by atoms with Crippen LogP contribution >= 0.6 is 11.3 Å². The van der Waals surface area contributed by atoms with Crippen LogP contribution in [0.2, 0.25) is 0 Å². The molecule has 2 heterocycles. The van der Waals surface area contributed by atoms with Gasteiger partial charge in [0.05, 0.1) is 39.4 Å². The van der Waals surface area contributed by atoms with E-state index in [1.165, 1.54) is 5.56 Å². The molecule has 0 aliphatic heterocycles. The number of aryl methyl sites for hydroxylation is 1. The molecule has 128 valence electrons. The lowest BCUT2D eigenvalue weighted by Gasteiger charge is -2.18. The quantitative estimate of drug-likeness (QED) is 0.523. The molecule has 0 aliphatic carbocycles. The van der Waals surface area contributed by atoms with Gasteiger partial charge in [-0.05, 0) is 37.6 Å². The minimum atomic E-state index is 0.116. The average molecular weight is 358 g/mol. The van der Waals surface area contributed by atoms with Gasteiger partial charge in [0.25, 0.3) is 0 Å². The van der Waals surface area contributed by atoms with Gasteiger partial charge in [-0.2, -0.15) is 5.26 Å². The van der Waals surface area contributed by atoms with E-state index in [-0.39, 0.29) is 6.04 Å². The normalized spacial score (nSPS) is 12.2. The highest BCUT2D eigenvalue weighted by Gasteiger charge is 2.18. The second-order valence-electron chi connectivity index (χ2n) is 6.33. The summed E-state index contributed by atoms with van der Waals surface area (Å²) in [6.45, 7) is 4.19. The van der Waals surface area contributed by atoms with E-state index in [2.05, 4.69) is 52.2 Å². The summed E-state index contributed by atoms with van der Waals surface area (Å²) < 4.78 is 2.24. The van der Waals surface area contributed by atoms with Crippen LogP contribution in [0.3, 0.4) is 0 Å². The molecule has 0 spiro atoms. The zero-order valence-corrected chi connectivity index (χ0v) is 15.5.